The summed E-state index contributed by atoms with van der Waals surface area (Å²) in [5, 5.41) is 10.4. The van der Waals surface area contributed by atoms with Gasteiger partial charge in [-0.05, 0) is 37.1 Å². The van der Waals surface area contributed by atoms with Gasteiger partial charge in [0.1, 0.15) is 0 Å². The fourth-order valence-corrected chi connectivity index (χ4v) is 2.34. The zero-order valence-corrected chi connectivity index (χ0v) is 11.2. The highest BCUT2D eigenvalue weighted by atomic mass is 16.1. The van der Waals surface area contributed by atoms with Gasteiger partial charge in [-0.2, -0.15) is 0 Å². The van der Waals surface area contributed by atoms with Crippen molar-refractivity contribution in [1.82, 2.24) is 5.01 Å². The Morgan fingerprint density at radius 3 is 2.42 bits per heavy atom. The molecule has 1 aliphatic rings. The van der Waals surface area contributed by atoms with Crippen LogP contribution in [0, 0.1) is 0 Å². The summed E-state index contributed by atoms with van der Waals surface area (Å²) in [5.74, 6) is -0.428. The van der Waals surface area contributed by atoms with Gasteiger partial charge in [0.15, 0.2) is 0 Å². The quantitative estimate of drug-likeness (QED) is 0.667. The SMILES string of the molecule is CN(N=Nc1ccc(C(N)=O)cc1)C1CCCCC1. The van der Waals surface area contributed by atoms with Crippen molar-refractivity contribution in [2.75, 3.05) is 7.05 Å². The Balaban J connectivity index is 1.95. The third-order valence-electron chi connectivity index (χ3n) is 3.56. The summed E-state index contributed by atoms with van der Waals surface area (Å²) in [6, 6.07) is 7.33. The Labute approximate surface area is 113 Å². The van der Waals surface area contributed by atoms with Crippen LogP contribution in [-0.2, 0) is 0 Å². The predicted molar refractivity (Wildman–Crippen MR) is 74.1 cm³/mol. The summed E-state index contributed by atoms with van der Waals surface area (Å²) in [6.07, 6.45) is 6.26. The molecule has 0 aliphatic heterocycles. The van der Waals surface area contributed by atoms with Crippen LogP contribution in [0.15, 0.2) is 34.6 Å². The zero-order chi connectivity index (χ0) is 13.7. The number of benzene rings is 1. The lowest BCUT2D eigenvalue weighted by atomic mass is 9.95. The highest BCUT2D eigenvalue weighted by molar-refractivity contribution is 5.92. The molecule has 19 heavy (non-hydrogen) atoms. The van der Waals surface area contributed by atoms with Crippen molar-refractivity contribution in [3.05, 3.63) is 29.8 Å². The van der Waals surface area contributed by atoms with Crippen LogP contribution in [0.5, 0.6) is 0 Å². The smallest absolute Gasteiger partial charge is 0.248 e. The maximum atomic E-state index is 10.9. The summed E-state index contributed by atoms with van der Waals surface area (Å²) in [6.45, 7) is 0. The maximum Gasteiger partial charge on any atom is 0.248 e. The van der Waals surface area contributed by atoms with E-state index in [1.54, 1.807) is 24.3 Å². The molecule has 2 rings (SSSR count). The number of amides is 1. The van der Waals surface area contributed by atoms with Crippen LogP contribution < -0.4 is 5.73 Å². The van der Waals surface area contributed by atoms with Crippen LogP contribution in [0.2, 0.25) is 0 Å². The lowest BCUT2D eigenvalue weighted by molar-refractivity contribution is 0.100. The van der Waals surface area contributed by atoms with E-state index in [9.17, 15) is 4.79 Å². The molecular weight excluding hydrogens is 240 g/mol. The molecule has 0 spiro atoms. The molecule has 5 heteroatoms. The first-order valence-corrected chi connectivity index (χ1v) is 6.71. The lowest BCUT2D eigenvalue weighted by Crippen LogP contribution is -2.28. The van der Waals surface area contributed by atoms with Gasteiger partial charge in [-0.1, -0.05) is 24.5 Å². The van der Waals surface area contributed by atoms with Crippen molar-refractivity contribution < 1.29 is 4.79 Å². The Morgan fingerprint density at radius 2 is 1.84 bits per heavy atom. The van der Waals surface area contributed by atoms with Crippen molar-refractivity contribution in [1.29, 1.82) is 0 Å². The first-order valence-electron chi connectivity index (χ1n) is 6.71. The molecule has 0 heterocycles. The van der Waals surface area contributed by atoms with E-state index in [0.29, 0.717) is 11.6 Å². The van der Waals surface area contributed by atoms with Gasteiger partial charge in [0.2, 0.25) is 5.91 Å². The fraction of sp³-hybridized carbons (Fsp3) is 0.500. The zero-order valence-electron chi connectivity index (χ0n) is 11.2. The molecule has 0 aromatic heterocycles. The van der Waals surface area contributed by atoms with Gasteiger partial charge in [0, 0.05) is 18.7 Å². The minimum Gasteiger partial charge on any atom is -0.366 e. The molecule has 1 fully saturated rings. The minimum atomic E-state index is -0.428. The molecule has 0 bridgehead atoms. The Bertz CT molecular complexity index is 449. The van der Waals surface area contributed by atoms with Gasteiger partial charge in [-0.25, -0.2) is 0 Å². The topological polar surface area (TPSA) is 71.1 Å². The summed E-state index contributed by atoms with van der Waals surface area (Å²) in [4.78, 5) is 10.9. The van der Waals surface area contributed by atoms with Gasteiger partial charge in [-0.15, -0.1) is 5.11 Å². The van der Waals surface area contributed by atoms with Gasteiger partial charge in [0.05, 0.1) is 5.69 Å². The molecule has 1 saturated carbocycles. The van der Waals surface area contributed by atoms with Crippen molar-refractivity contribution in [3.8, 4) is 0 Å². The average Bonchev–Trinajstić information content (AvgIpc) is 2.46. The number of carbonyl (C=O) groups is 1. The van der Waals surface area contributed by atoms with Crippen molar-refractivity contribution in [2.45, 2.75) is 38.1 Å². The van der Waals surface area contributed by atoms with Gasteiger partial charge < -0.3 is 5.73 Å². The molecule has 102 valence electrons. The number of hydrogen-bond donors (Lipinski definition) is 1. The number of rotatable bonds is 4. The van der Waals surface area contributed by atoms with E-state index in [1.807, 2.05) is 12.1 Å². The van der Waals surface area contributed by atoms with Crippen molar-refractivity contribution >= 4 is 11.6 Å². The molecule has 0 radical (unpaired) electrons. The molecule has 0 atom stereocenters. The van der Waals surface area contributed by atoms with Crippen LogP contribution in [0.3, 0.4) is 0 Å². The number of carbonyl (C=O) groups excluding carboxylic acids is 1. The van der Waals surface area contributed by atoms with Crippen LogP contribution in [0.1, 0.15) is 42.5 Å². The van der Waals surface area contributed by atoms with Crippen LogP contribution in [-0.4, -0.2) is 24.0 Å². The second kappa shape index (κ2) is 6.31. The molecule has 2 N–H and O–H groups in total. The van der Waals surface area contributed by atoms with Gasteiger partial charge in [-0.3, -0.25) is 9.80 Å². The Hall–Kier alpha value is -1.91. The van der Waals surface area contributed by atoms with Crippen LogP contribution in [0.25, 0.3) is 0 Å². The number of nitrogens with two attached hydrogens (primary N) is 1. The predicted octanol–water partition coefficient (Wildman–Crippen LogP) is 3.05. The first-order chi connectivity index (χ1) is 9.16. The molecule has 0 saturated heterocycles. The third kappa shape index (κ3) is 3.77. The minimum absolute atomic E-state index is 0.428. The number of primary amides is 1. The summed E-state index contributed by atoms with van der Waals surface area (Å²) in [7, 11) is 1.97. The van der Waals surface area contributed by atoms with Crippen molar-refractivity contribution in [3.63, 3.8) is 0 Å². The summed E-state index contributed by atoms with van der Waals surface area (Å²) >= 11 is 0. The average molecular weight is 260 g/mol. The van der Waals surface area contributed by atoms with E-state index >= 15 is 0 Å². The highest BCUT2D eigenvalue weighted by Gasteiger charge is 2.16. The van der Waals surface area contributed by atoms with E-state index < -0.39 is 5.91 Å². The monoisotopic (exact) mass is 260 g/mol. The number of nitrogens with zero attached hydrogens (tertiary/aromatic N) is 3. The highest BCUT2D eigenvalue weighted by Crippen LogP contribution is 2.22. The second-order valence-corrected chi connectivity index (χ2v) is 4.97. The molecule has 0 unspecified atom stereocenters. The second-order valence-electron chi connectivity index (χ2n) is 4.97. The summed E-state index contributed by atoms with van der Waals surface area (Å²) in [5.41, 5.74) is 6.40. The molecule has 5 nitrogen and oxygen atoms in total. The van der Waals surface area contributed by atoms with E-state index in [2.05, 4.69) is 10.3 Å². The normalized spacial score (nSPS) is 16.7. The largest absolute Gasteiger partial charge is 0.366 e. The van der Waals surface area contributed by atoms with Gasteiger partial charge in [0.25, 0.3) is 0 Å². The van der Waals surface area contributed by atoms with Crippen molar-refractivity contribution in [2.24, 2.45) is 16.1 Å². The Morgan fingerprint density at radius 1 is 1.21 bits per heavy atom. The molecule has 1 amide bonds. The lowest BCUT2D eigenvalue weighted by Gasteiger charge is -2.27. The molecular formula is C14H20N4O. The first kappa shape index (κ1) is 13.5. The standard InChI is InChI=1S/C14H20N4O/c1-18(13-5-3-2-4-6-13)17-16-12-9-7-11(8-10-12)14(15)19/h7-10,13H,2-6H2,1H3,(H2,15,19). The van der Waals surface area contributed by atoms with Crippen LogP contribution in [0.4, 0.5) is 5.69 Å². The molecule has 1 aromatic rings. The third-order valence-corrected chi connectivity index (χ3v) is 3.56. The fourth-order valence-electron chi connectivity index (χ4n) is 2.34. The van der Waals surface area contributed by atoms with Crippen LogP contribution >= 0.6 is 0 Å². The molecule has 1 aliphatic carbocycles. The Kier molecular flexibility index (Phi) is 4.49. The van der Waals surface area contributed by atoms with E-state index in [4.69, 9.17) is 5.73 Å². The van der Waals surface area contributed by atoms with E-state index in [0.717, 1.165) is 5.69 Å². The van der Waals surface area contributed by atoms with E-state index in [-0.39, 0.29) is 0 Å². The molecule has 1 aromatic carbocycles. The van der Waals surface area contributed by atoms with E-state index in [1.165, 1.54) is 32.1 Å². The van der Waals surface area contributed by atoms with Gasteiger partial charge >= 0.3 is 0 Å². The summed E-state index contributed by atoms with van der Waals surface area (Å²) < 4.78 is 0. The maximum absolute atomic E-state index is 10.9. The number of hydrogen-bond acceptors (Lipinski definition) is 3.